The molecule has 0 N–H and O–H groups in total. The second-order valence-electron chi connectivity index (χ2n) is 7.41. The van der Waals surface area contributed by atoms with Crippen LogP contribution in [0.2, 0.25) is 0 Å². The van der Waals surface area contributed by atoms with Gasteiger partial charge in [-0.2, -0.15) is 8.42 Å². The van der Waals surface area contributed by atoms with Crippen LogP contribution in [-0.4, -0.2) is 119 Å². The Kier molecular flexibility index (Phi) is 7.16. The molecule has 39 heavy (non-hydrogen) atoms. The smallest absolute Gasteiger partial charge is 0.248 e. The first kappa shape index (κ1) is 28.6. The van der Waals surface area contributed by atoms with Crippen molar-refractivity contribution in [3.05, 3.63) is 60.7 Å². The zero-order valence-electron chi connectivity index (χ0n) is 19.2. The minimum absolute atomic E-state index is 0.113. The van der Waals surface area contributed by atoms with Crippen LogP contribution in [0.15, 0.2) is 0 Å². The van der Waals surface area contributed by atoms with E-state index >= 15 is 0 Å². The van der Waals surface area contributed by atoms with Gasteiger partial charge in [-0.05, 0) is 13.8 Å². The zero-order valence-corrected chi connectivity index (χ0v) is 20.0. The van der Waals surface area contributed by atoms with Crippen LogP contribution in [0.5, 0.6) is 0 Å². The number of nitro groups is 6. The minimum Gasteiger partial charge on any atom is -0.248 e. The SMILES string of the molecule is CCOS(=O)(=O)OCC.O=[N+]([O-])N1C2C3N([N+](=O)[O-])[C@H]4[C@@H](N3[N+](=O)[O-])N([N+](=O)[O-])[C@@H]1[C@@H](N2[N+](=O)[O-])N4[N+](=O)[O-]. The lowest BCUT2D eigenvalue weighted by Crippen LogP contribution is -2.77. The fraction of sp³-hybridized carbons (Fsp3) is 1.00. The summed E-state index contributed by atoms with van der Waals surface area (Å²) in [7, 11) is -3.68. The van der Waals surface area contributed by atoms with Crippen LogP contribution < -0.4 is 0 Å². The fourth-order valence-corrected chi connectivity index (χ4v) is 5.43. The highest BCUT2D eigenvalue weighted by atomic mass is 32.3. The molecule has 29 heteroatoms. The molecule has 0 aliphatic carbocycles. The summed E-state index contributed by atoms with van der Waals surface area (Å²) in [4.78, 5) is 69.9. The molecule has 6 bridgehead atoms. The Bertz CT molecular complexity index is 1060. The Morgan fingerprint density at radius 3 is 0.744 bits per heavy atom. The third kappa shape index (κ3) is 4.21. The molecule has 0 atom stereocenters. The summed E-state index contributed by atoms with van der Waals surface area (Å²) < 4.78 is 29.2. The third-order valence-corrected chi connectivity index (χ3v) is 6.76. The second-order valence-corrected chi connectivity index (χ2v) is 8.70. The molecule has 5 heterocycles. The molecule has 0 aromatic heterocycles. The highest BCUT2D eigenvalue weighted by molar-refractivity contribution is 7.81. The number of nitrogens with zero attached hydrogens (tertiary/aromatic N) is 12. The number of hydrogen-bond acceptors (Lipinski definition) is 16. The predicted octanol–water partition coefficient (Wildman–Crippen LogP) is -3.74. The van der Waals surface area contributed by atoms with E-state index < -0.39 is 77.6 Å². The van der Waals surface area contributed by atoms with Crippen molar-refractivity contribution in [3.8, 4) is 0 Å². The lowest BCUT2D eigenvalue weighted by molar-refractivity contribution is -0.792. The molecular weight excluding hydrogens is 576 g/mol. The zero-order chi connectivity index (χ0) is 29.7. The molecular formula is C10H16N12O16S. The van der Waals surface area contributed by atoms with Gasteiger partial charge in [0.25, 0.3) is 37.0 Å². The predicted molar refractivity (Wildman–Crippen MR) is 108 cm³/mol. The maximum absolute atomic E-state index is 11.7. The molecule has 5 aliphatic rings. The van der Waals surface area contributed by atoms with Gasteiger partial charge in [0.1, 0.15) is 0 Å². The summed E-state index contributed by atoms with van der Waals surface area (Å²) in [5, 5.41) is 60.5. The van der Waals surface area contributed by atoms with E-state index in [9.17, 15) is 69.1 Å². The second kappa shape index (κ2) is 9.75. The Hall–Kier alpha value is -4.93. The monoisotopic (exact) mass is 592 g/mol. The van der Waals surface area contributed by atoms with Crippen molar-refractivity contribution >= 4 is 10.4 Å². The van der Waals surface area contributed by atoms with Crippen molar-refractivity contribution in [2.45, 2.75) is 50.8 Å². The molecule has 218 valence electrons. The van der Waals surface area contributed by atoms with Crippen LogP contribution in [0.4, 0.5) is 0 Å². The summed E-state index contributed by atoms with van der Waals surface area (Å²) in [6.07, 6.45) is -14.4. The van der Waals surface area contributed by atoms with Gasteiger partial charge in [0, 0.05) is 0 Å². The van der Waals surface area contributed by atoms with Crippen LogP contribution in [0.25, 0.3) is 0 Å². The van der Waals surface area contributed by atoms with Gasteiger partial charge in [0.15, 0.2) is 30.2 Å². The largest absolute Gasteiger partial charge is 0.399 e. The van der Waals surface area contributed by atoms with Gasteiger partial charge < -0.3 is 0 Å². The number of piperazine rings is 1. The number of hydrogen-bond donors (Lipinski definition) is 0. The highest BCUT2D eigenvalue weighted by Gasteiger charge is 2.89. The lowest BCUT2D eigenvalue weighted by Gasteiger charge is -2.39. The quantitative estimate of drug-likeness (QED) is 0.174. The van der Waals surface area contributed by atoms with Crippen LogP contribution in [0, 0.1) is 60.7 Å². The first-order valence-electron chi connectivity index (χ1n) is 10.1. The van der Waals surface area contributed by atoms with E-state index in [1.807, 2.05) is 0 Å². The van der Waals surface area contributed by atoms with Gasteiger partial charge in [-0.25, -0.2) is 69.1 Å². The van der Waals surface area contributed by atoms with Crippen molar-refractivity contribution in [1.82, 2.24) is 30.1 Å². The van der Waals surface area contributed by atoms with Crippen molar-refractivity contribution in [1.29, 1.82) is 0 Å². The Balaban J connectivity index is 0.000000403. The van der Waals surface area contributed by atoms with E-state index in [-0.39, 0.29) is 43.3 Å². The minimum atomic E-state index is -3.68. The van der Waals surface area contributed by atoms with Gasteiger partial charge in [0.2, 0.25) is 0 Å². The Morgan fingerprint density at radius 1 is 0.487 bits per heavy atom. The molecule has 5 aliphatic heterocycles. The third-order valence-electron chi connectivity index (χ3n) is 5.71. The maximum atomic E-state index is 11.7. The normalized spacial score (nSPS) is 28.3. The topological polar surface area (TPSA) is 331 Å². The molecule has 0 aromatic carbocycles. The molecule has 0 spiro atoms. The summed E-state index contributed by atoms with van der Waals surface area (Å²) >= 11 is 0. The Labute approximate surface area is 213 Å². The van der Waals surface area contributed by atoms with Crippen molar-refractivity contribution < 1.29 is 47.0 Å². The van der Waals surface area contributed by atoms with Crippen molar-refractivity contribution in [2.75, 3.05) is 13.2 Å². The van der Waals surface area contributed by atoms with Gasteiger partial charge in [-0.15, -0.1) is 0 Å². The molecule has 5 saturated heterocycles. The molecule has 0 saturated carbocycles. The van der Waals surface area contributed by atoms with Gasteiger partial charge >= 0.3 is 10.4 Å². The Morgan fingerprint density at radius 2 is 0.641 bits per heavy atom. The standard InChI is InChI=1S/C6H6N12O12.C4H10O4S/c19-13(20)7-1-2-8(14(21)22)5(7)6-9(15(23)24)3(11(1)17(27)28)4(10(6)16(25)26)12(2)18(29)30;1-3-7-9(5,6)8-4-2/h1-6H;3-4H2,1-2H3/t1-,2+,3+,4-,5?,6?;. The number of hydrazine groups is 6. The van der Waals surface area contributed by atoms with Gasteiger partial charge in [-0.1, -0.05) is 30.1 Å². The van der Waals surface area contributed by atoms with Gasteiger partial charge in [-0.3, -0.25) is 0 Å². The lowest BCUT2D eigenvalue weighted by atomic mass is 10.2. The van der Waals surface area contributed by atoms with Crippen molar-refractivity contribution in [2.24, 2.45) is 0 Å². The fourth-order valence-electron chi connectivity index (χ4n) is 4.79. The first-order valence-corrected chi connectivity index (χ1v) is 11.5. The van der Waals surface area contributed by atoms with E-state index in [0.717, 1.165) is 0 Å². The van der Waals surface area contributed by atoms with Crippen LogP contribution >= 0.6 is 0 Å². The summed E-state index contributed by atoms with van der Waals surface area (Å²) in [5.74, 6) is 0. The molecule has 28 nitrogen and oxygen atoms in total. The van der Waals surface area contributed by atoms with Crippen molar-refractivity contribution in [3.63, 3.8) is 0 Å². The van der Waals surface area contributed by atoms with E-state index in [2.05, 4.69) is 8.37 Å². The van der Waals surface area contributed by atoms with Crippen LogP contribution in [0.3, 0.4) is 0 Å². The molecule has 5 rings (SSSR count). The molecule has 5 fully saturated rings. The number of rotatable bonds is 10. The van der Waals surface area contributed by atoms with Crippen LogP contribution in [0.1, 0.15) is 13.8 Å². The average Bonchev–Trinajstić information content (AvgIpc) is 3.22. The molecule has 0 amide bonds. The van der Waals surface area contributed by atoms with E-state index in [0.29, 0.717) is 0 Å². The van der Waals surface area contributed by atoms with E-state index in [1.165, 1.54) is 0 Å². The first-order chi connectivity index (χ1) is 18.0. The van der Waals surface area contributed by atoms with Gasteiger partial charge in [0.05, 0.1) is 13.2 Å². The van der Waals surface area contributed by atoms with E-state index in [1.54, 1.807) is 13.8 Å². The summed E-state index contributed by atoms with van der Waals surface area (Å²) in [6, 6.07) is 0. The highest BCUT2D eigenvalue weighted by Crippen LogP contribution is 2.51. The molecule has 0 unspecified atom stereocenters. The maximum Gasteiger partial charge on any atom is 0.399 e. The van der Waals surface area contributed by atoms with Crippen LogP contribution in [-0.2, 0) is 18.8 Å². The average molecular weight is 592 g/mol. The molecule has 0 radical (unpaired) electrons. The van der Waals surface area contributed by atoms with E-state index in [4.69, 9.17) is 0 Å². The summed E-state index contributed by atoms with van der Waals surface area (Å²) in [5.41, 5.74) is 0. The summed E-state index contributed by atoms with van der Waals surface area (Å²) in [6.45, 7) is 3.39. The molecule has 0 aromatic rings.